The Hall–Kier alpha value is -2.34. The van der Waals surface area contributed by atoms with Gasteiger partial charge in [-0.1, -0.05) is 17.7 Å². The summed E-state index contributed by atoms with van der Waals surface area (Å²) in [4.78, 5) is 2.19. The van der Waals surface area contributed by atoms with Gasteiger partial charge in [0, 0.05) is 23.5 Å². The van der Waals surface area contributed by atoms with Crippen LogP contribution >= 0.6 is 0 Å². The molecule has 0 spiro atoms. The van der Waals surface area contributed by atoms with Gasteiger partial charge in [-0.2, -0.15) is 5.26 Å². The Morgan fingerprint density at radius 3 is 2.85 bits per heavy atom. The van der Waals surface area contributed by atoms with Crippen LogP contribution < -0.4 is 4.90 Å². The smallest absolute Gasteiger partial charge is 0.116 e. The average molecular weight is 266 g/mol. The average Bonchev–Trinajstić information content (AvgIpc) is 2.89. The Labute approximate surface area is 118 Å². The highest BCUT2D eigenvalue weighted by atomic mass is 19.1. The second-order valence-electron chi connectivity index (χ2n) is 5.12. The van der Waals surface area contributed by atoms with E-state index in [0.717, 1.165) is 18.7 Å². The molecule has 1 aliphatic heterocycles. The minimum absolute atomic E-state index is 0.416. The zero-order chi connectivity index (χ0) is 14.1. The number of alkyl halides is 1. The normalized spacial score (nSPS) is 13.2. The Bertz CT molecular complexity index is 701. The third kappa shape index (κ3) is 2.04. The van der Waals surface area contributed by atoms with Crippen LogP contribution in [0.4, 0.5) is 15.8 Å². The molecule has 2 aromatic carbocycles. The van der Waals surface area contributed by atoms with Gasteiger partial charge in [0.2, 0.25) is 0 Å². The summed E-state index contributed by atoms with van der Waals surface area (Å²) < 4.78 is 13.0. The van der Waals surface area contributed by atoms with Crippen molar-refractivity contribution in [3.63, 3.8) is 0 Å². The summed E-state index contributed by atoms with van der Waals surface area (Å²) in [7, 11) is 0. The zero-order valence-electron chi connectivity index (χ0n) is 11.4. The number of hydrogen-bond acceptors (Lipinski definition) is 2. The molecule has 0 N–H and O–H groups in total. The molecule has 20 heavy (non-hydrogen) atoms. The van der Waals surface area contributed by atoms with Crippen LogP contribution in [0.2, 0.25) is 0 Å². The lowest BCUT2D eigenvalue weighted by Crippen LogP contribution is -2.13. The number of halogens is 1. The molecule has 100 valence electrons. The topological polar surface area (TPSA) is 27.0 Å². The fourth-order valence-corrected chi connectivity index (χ4v) is 2.77. The first-order valence-electron chi connectivity index (χ1n) is 6.69. The molecule has 0 radical (unpaired) electrons. The summed E-state index contributed by atoms with van der Waals surface area (Å²) in [6.45, 7) is 2.38. The van der Waals surface area contributed by atoms with Crippen molar-refractivity contribution >= 4 is 11.4 Å². The zero-order valence-corrected chi connectivity index (χ0v) is 11.4. The first-order chi connectivity index (χ1) is 9.72. The van der Waals surface area contributed by atoms with E-state index < -0.39 is 6.67 Å². The van der Waals surface area contributed by atoms with Gasteiger partial charge in [-0.3, -0.25) is 0 Å². The van der Waals surface area contributed by atoms with Crippen molar-refractivity contribution in [2.75, 3.05) is 11.4 Å². The number of hydrogen-bond donors (Lipinski definition) is 0. The monoisotopic (exact) mass is 266 g/mol. The van der Waals surface area contributed by atoms with Crippen LogP contribution in [0.25, 0.3) is 0 Å². The number of benzene rings is 2. The molecule has 0 aromatic heterocycles. The van der Waals surface area contributed by atoms with E-state index in [-0.39, 0.29) is 0 Å². The third-order valence-corrected chi connectivity index (χ3v) is 3.80. The molecule has 0 unspecified atom stereocenters. The van der Waals surface area contributed by atoms with Crippen molar-refractivity contribution in [2.45, 2.75) is 20.0 Å². The summed E-state index contributed by atoms with van der Waals surface area (Å²) in [6.07, 6.45) is 1.00. The van der Waals surface area contributed by atoms with Gasteiger partial charge in [-0.25, -0.2) is 4.39 Å². The van der Waals surface area contributed by atoms with E-state index in [4.69, 9.17) is 5.26 Å². The summed E-state index contributed by atoms with van der Waals surface area (Å²) in [5.74, 6) is 0. The van der Waals surface area contributed by atoms with Crippen LogP contribution in [-0.4, -0.2) is 6.54 Å². The molecule has 0 amide bonds. The quantitative estimate of drug-likeness (QED) is 0.820. The van der Waals surface area contributed by atoms with Crippen LogP contribution in [0.1, 0.15) is 22.3 Å². The number of aryl methyl sites for hydroxylation is 1. The predicted octanol–water partition coefficient (Wildman–Crippen LogP) is 4.03. The Morgan fingerprint density at radius 2 is 2.10 bits per heavy atom. The molecule has 1 heterocycles. The van der Waals surface area contributed by atoms with Gasteiger partial charge in [-0.05, 0) is 43.2 Å². The Balaban J connectivity index is 2.02. The molecule has 2 nitrogen and oxygen atoms in total. The molecule has 0 saturated heterocycles. The van der Waals surface area contributed by atoms with E-state index in [1.807, 2.05) is 12.1 Å². The first kappa shape index (κ1) is 12.7. The summed E-state index contributed by atoms with van der Waals surface area (Å²) in [5.41, 5.74) is 5.61. The van der Waals surface area contributed by atoms with E-state index in [9.17, 15) is 4.39 Å². The SMILES string of the molecule is Cc1ccc2c(c1)CCN2c1ccc(C#N)c(CF)c1. The fraction of sp³-hybridized carbons (Fsp3) is 0.235. The van der Waals surface area contributed by atoms with E-state index in [0.29, 0.717) is 11.1 Å². The van der Waals surface area contributed by atoms with Crippen LogP contribution in [0.5, 0.6) is 0 Å². The van der Waals surface area contributed by atoms with Gasteiger partial charge in [0.05, 0.1) is 11.6 Å². The number of nitriles is 1. The van der Waals surface area contributed by atoms with Gasteiger partial charge in [0.25, 0.3) is 0 Å². The molecule has 2 aromatic rings. The number of rotatable bonds is 2. The van der Waals surface area contributed by atoms with Gasteiger partial charge in [-0.15, -0.1) is 0 Å². The maximum Gasteiger partial charge on any atom is 0.116 e. The van der Waals surface area contributed by atoms with Gasteiger partial charge < -0.3 is 4.90 Å². The minimum Gasteiger partial charge on any atom is -0.341 e. The lowest BCUT2D eigenvalue weighted by atomic mass is 10.1. The number of anilines is 2. The molecule has 0 aliphatic carbocycles. The minimum atomic E-state index is -0.606. The number of nitrogens with zero attached hydrogens (tertiary/aromatic N) is 2. The molecule has 0 saturated carbocycles. The largest absolute Gasteiger partial charge is 0.341 e. The van der Waals surface area contributed by atoms with Crippen LogP contribution in [0, 0.1) is 18.3 Å². The summed E-state index contributed by atoms with van der Waals surface area (Å²) in [5, 5.41) is 8.96. The van der Waals surface area contributed by atoms with E-state index in [1.165, 1.54) is 16.8 Å². The molecular formula is C17H15FN2. The highest BCUT2D eigenvalue weighted by Gasteiger charge is 2.20. The van der Waals surface area contributed by atoms with Crippen LogP contribution in [0.15, 0.2) is 36.4 Å². The highest BCUT2D eigenvalue weighted by Crippen LogP contribution is 2.35. The lowest BCUT2D eigenvalue weighted by Gasteiger charge is -2.20. The van der Waals surface area contributed by atoms with E-state index in [2.05, 4.69) is 30.0 Å². The van der Waals surface area contributed by atoms with Crippen LogP contribution in [0.3, 0.4) is 0 Å². The molecule has 0 atom stereocenters. The molecule has 3 rings (SSSR count). The third-order valence-electron chi connectivity index (χ3n) is 3.80. The van der Waals surface area contributed by atoms with E-state index >= 15 is 0 Å². The number of fused-ring (bicyclic) bond motifs is 1. The lowest BCUT2D eigenvalue weighted by molar-refractivity contribution is 0.484. The maximum absolute atomic E-state index is 13.0. The Kier molecular flexibility index (Phi) is 3.15. The molecular weight excluding hydrogens is 251 g/mol. The second-order valence-corrected chi connectivity index (χ2v) is 5.12. The predicted molar refractivity (Wildman–Crippen MR) is 77.9 cm³/mol. The molecule has 1 aliphatic rings. The standard InChI is InChI=1S/C17H15FN2/c1-12-2-5-17-13(8-12)6-7-20(17)16-4-3-14(11-19)15(9-16)10-18/h2-5,8-9H,6-7,10H2,1H3. The summed E-state index contributed by atoms with van der Waals surface area (Å²) in [6, 6.07) is 13.8. The van der Waals surface area contributed by atoms with Crippen molar-refractivity contribution in [1.29, 1.82) is 5.26 Å². The van der Waals surface area contributed by atoms with Crippen molar-refractivity contribution < 1.29 is 4.39 Å². The molecule has 0 bridgehead atoms. The van der Waals surface area contributed by atoms with Gasteiger partial charge in [0.1, 0.15) is 6.67 Å². The highest BCUT2D eigenvalue weighted by molar-refractivity contribution is 5.71. The summed E-state index contributed by atoms with van der Waals surface area (Å²) >= 11 is 0. The van der Waals surface area contributed by atoms with Gasteiger partial charge >= 0.3 is 0 Å². The van der Waals surface area contributed by atoms with Crippen molar-refractivity contribution in [3.05, 3.63) is 58.7 Å². The Morgan fingerprint density at radius 1 is 1.25 bits per heavy atom. The van der Waals surface area contributed by atoms with Gasteiger partial charge in [0.15, 0.2) is 0 Å². The molecule has 0 fully saturated rings. The van der Waals surface area contributed by atoms with Crippen molar-refractivity contribution in [1.82, 2.24) is 0 Å². The fourth-order valence-electron chi connectivity index (χ4n) is 2.77. The van der Waals surface area contributed by atoms with Crippen LogP contribution in [-0.2, 0) is 13.1 Å². The van der Waals surface area contributed by atoms with E-state index in [1.54, 1.807) is 12.1 Å². The molecule has 3 heteroatoms. The maximum atomic E-state index is 13.0. The van der Waals surface area contributed by atoms with Crippen molar-refractivity contribution in [2.24, 2.45) is 0 Å². The van der Waals surface area contributed by atoms with Crippen molar-refractivity contribution in [3.8, 4) is 6.07 Å². The second kappa shape index (κ2) is 4.97. The first-order valence-corrected chi connectivity index (χ1v) is 6.69.